The van der Waals surface area contributed by atoms with Crippen LogP contribution in [-0.4, -0.2) is 73.3 Å². The van der Waals surface area contributed by atoms with Crippen LogP contribution in [0.25, 0.3) is 10.8 Å². The highest BCUT2D eigenvalue weighted by Gasteiger charge is 2.27. The van der Waals surface area contributed by atoms with Gasteiger partial charge in [-0.1, -0.05) is 30.3 Å². The number of nitrogens with zero attached hydrogens (tertiary/aromatic N) is 2. The fraction of sp³-hybridized carbons (Fsp3) is 0.500. The van der Waals surface area contributed by atoms with Gasteiger partial charge < -0.3 is 25.0 Å². The molecule has 236 valence electrons. The van der Waals surface area contributed by atoms with Crippen molar-refractivity contribution < 1.29 is 19.1 Å². The van der Waals surface area contributed by atoms with Gasteiger partial charge in [-0.15, -0.1) is 0 Å². The second-order valence-corrected chi connectivity index (χ2v) is 13.3. The first-order valence-electron chi connectivity index (χ1n) is 16.0. The van der Waals surface area contributed by atoms with Gasteiger partial charge in [-0.2, -0.15) is 0 Å². The maximum Gasteiger partial charge on any atom is 0.410 e. The lowest BCUT2D eigenvalue weighted by atomic mass is 9.97. The first kappa shape index (κ1) is 31.8. The van der Waals surface area contributed by atoms with Crippen molar-refractivity contribution in [3.05, 3.63) is 77.4 Å². The quantitative estimate of drug-likeness (QED) is 0.315. The summed E-state index contributed by atoms with van der Waals surface area (Å²) in [4.78, 5) is 29.4. The zero-order valence-corrected chi connectivity index (χ0v) is 26.7. The summed E-state index contributed by atoms with van der Waals surface area (Å²) in [5.74, 6) is 1.23. The van der Waals surface area contributed by atoms with Gasteiger partial charge in [-0.05, 0) is 111 Å². The molecule has 8 heteroatoms. The minimum Gasteiger partial charge on any atom is -0.497 e. The van der Waals surface area contributed by atoms with Crippen molar-refractivity contribution in [2.75, 3.05) is 39.8 Å². The van der Waals surface area contributed by atoms with E-state index >= 15 is 0 Å². The highest BCUT2D eigenvalue weighted by molar-refractivity contribution is 5.94. The van der Waals surface area contributed by atoms with E-state index in [0.29, 0.717) is 17.2 Å². The zero-order chi connectivity index (χ0) is 31.1. The molecule has 0 bridgehead atoms. The lowest BCUT2D eigenvalue weighted by molar-refractivity contribution is 0.0184. The number of benzene rings is 3. The summed E-state index contributed by atoms with van der Waals surface area (Å²) in [5, 5.41) is 9.38. The van der Waals surface area contributed by atoms with E-state index in [1.165, 1.54) is 21.9 Å². The average molecular weight is 601 g/mol. The summed E-state index contributed by atoms with van der Waals surface area (Å²) < 4.78 is 10.8. The van der Waals surface area contributed by atoms with Crippen LogP contribution in [0.3, 0.4) is 0 Å². The molecule has 2 aliphatic heterocycles. The fourth-order valence-electron chi connectivity index (χ4n) is 6.15. The number of hydrogen-bond acceptors (Lipinski definition) is 6. The van der Waals surface area contributed by atoms with Crippen molar-refractivity contribution in [1.29, 1.82) is 0 Å². The molecule has 3 aromatic carbocycles. The molecule has 3 aromatic rings. The Labute approximate surface area is 262 Å². The molecular weight excluding hydrogens is 552 g/mol. The van der Waals surface area contributed by atoms with Crippen molar-refractivity contribution in [2.24, 2.45) is 5.92 Å². The third-order valence-electron chi connectivity index (χ3n) is 8.66. The Kier molecular flexibility index (Phi) is 10.4. The number of nitrogens with one attached hydrogen (secondary N) is 2. The Balaban J connectivity index is 1.05. The standard InChI is InChI=1S/C36H48N4O4/c1-36(2,3)44-35(42)40-18-12-26(13-19-40)23-37-24-27-8-10-29-11-9-28(21-31(29)20-27)25-39-16-14-32(15-17-39)38-34(41)30-6-5-7-33(22-30)43-4/h5-11,20-22,26,32,37H,12-19,23-25H2,1-4H3,(H,38,41). The first-order chi connectivity index (χ1) is 21.1. The summed E-state index contributed by atoms with van der Waals surface area (Å²) in [6, 6.07) is 21.0. The highest BCUT2D eigenvalue weighted by Crippen LogP contribution is 2.23. The Morgan fingerprint density at radius 3 is 2.27 bits per heavy atom. The largest absolute Gasteiger partial charge is 0.497 e. The molecule has 44 heavy (non-hydrogen) atoms. The van der Waals surface area contributed by atoms with E-state index in [0.717, 1.165) is 71.5 Å². The molecule has 0 spiro atoms. The van der Waals surface area contributed by atoms with Gasteiger partial charge in [0.15, 0.2) is 0 Å². The van der Waals surface area contributed by atoms with E-state index in [9.17, 15) is 9.59 Å². The molecule has 2 N–H and O–H groups in total. The third-order valence-corrected chi connectivity index (χ3v) is 8.66. The van der Waals surface area contributed by atoms with Crippen molar-refractivity contribution in [3.8, 4) is 5.75 Å². The summed E-state index contributed by atoms with van der Waals surface area (Å²) in [5.41, 5.74) is 2.79. The van der Waals surface area contributed by atoms with Gasteiger partial charge >= 0.3 is 6.09 Å². The summed E-state index contributed by atoms with van der Waals surface area (Å²) in [6.07, 6.45) is 3.69. The number of methoxy groups -OCH3 is 1. The van der Waals surface area contributed by atoms with Crippen LogP contribution in [0.1, 0.15) is 67.9 Å². The number of piperidine rings is 2. The molecule has 2 saturated heterocycles. The smallest absolute Gasteiger partial charge is 0.410 e. The lowest BCUT2D eigenvalue weighted by Crippen LogP contribution is -2.44. The molecule has 0 aliphatic carbocycles. The first-order valence-corrected chi connectivity index (χ1v) is 16.0. The van der Waals surface area contributed by atoms with Crippen LogP contribution in [0.15, 0.2) is 60.7 Å². The summed E-state index contributed by atoms with van der Waals surface area (Å²) in [7, 11) is 1.61. The summed E-state index contributed by atoms with van der Waals surface area (Å²) in [6.45, 7) is 11.9. The van der Waals surface area contributed by atoms with E-state index in [1.807, 2.05) is 43.9 Å². The number of carbonyl (C=O) groups is 2. The summed E-state index contributed by atoms with van der Waals surface area (Å²) >= 11 is 0. The minimum atomic E-state index is -0.452. The van der Waals surface area contributed by atoms with Gasteiger partial charge in [-0.3, -0.25) is 9.69 Å². The van der Waals surface area contributed by atoms with Crippen molar-refractivity contribution in [2.45, 2.75) is 71.2 Å². The van der Waals surface area contributed by atoms with Crippen LogP contribution in [0, 0.1) is 5.92 Å². The Hall–Kier alpha value is -3.62. The molecule has 0 radical (unpaired) electrons. The molecule has 0 aromatic heterocycles. The van der Waals surface area contributed by atoms with E-state index in [4.69, 9.17) is 9.47 Å². The minimum absolute atomic E-state index is 0.0363. The normalized spacial score (nSPS) is 17.0. The maximum atomic E-state index is 12.7. The molecule has 0 atom stereocenters. The molecule has 2 heterocycles. The Bertz CT molecular complexity index is 1420. The molecule has 0 unspecified atom stereocenters. The van der Waals surface area contributed by atoms with Gasteiger partial charge in [0, 0.05) is 50.9 Å². The van der Waals surface area contributed by atoms with Crippen LogP contribution in [0.2, 0.25) is 0 Å². The van der Waals surface area contributed by atoms with Gasteiger partial charge in [0.2, 0.25) is 0 Å². The van der Waals surface area contributed by atoms with Crippen LogP contribution in [0.4, 0.5) is 4.79 Å². The number of fused-ring (bicyclic) bond motifs is 1. The van der Waals surface area contributed by atoms with Gasteiger partial charge in [-0.25, -0.2) is 4.79 Å². The second-order valence-electron chi connectivity index (χ2n) is 13.3. The topological polar surface area (TPSA) is 83.1 Å². The molecule has 8 nitrogen and oxygen atoms in total. The molecular formula is C36H48N4O4. The molecule has 5 rings (SSSR count). The van der Waals surface area contributed by atoms with E-state index < -0.39 is 5.60 Å². The van der Waals surface area contributed by atoms with Crippen LogP contribution >= 0.6 is 0 Å². The Morgan fingerprint density at radius 2 is 1.57 bits per heavy atom. The number of amides is 2. The van der Waals surface area contributed by atoms with E-state index in [2.05, 4.69) is 51.9 Å². The zero-order valence-electron chi connectivity index (χ0n) is 26.7. The maximum absolute atomic E-state index is 12.7. The number of rotatable bonds is 9. The van der Waals surface area contributed by atoms with Gasteiger partial charge in [0.05, 0.1) is 7.11 Å². The van der Waals surface area contributed by atoms with Gasteiger partial charge in [0.1, 0.15) is 11.4 Å². The molecule has 2 amide bonds. The second kappa shape index (κ2) is 14.4. The van der Waals surface area contributed by atoms with Crippen molar-refractivity contribution in [3.63, 3.8) is 0 Å². The predicted octanol–water partition coefficient (Wildman–Crippen LogP) is 5.98. The van der Waals surface area contributed by atoms with Crippen molar-refractivity contribution >= 4 is 22.8 Å². The Morgan fingerprint density at radius 1 is 0.864 bits per heavy atom. The van der Waals surface area contributed by atoms with Gasteiger partial charge in [0.25, 0.3) is 5.91 Å². The van der Waals surface area contributed by atoms with Crippen LogP contribution in [0.5, 0.6) is 5.75 Å². The van der Waals surface area contributed by atoms with Crippen LogP contribution in [-0.2, 0) is 17.8 Å². The average Bonchev–Trinajstić information content (AvgIpc) is 3.01. The SMILES string of the molecule is COc1cccc(C(=O)NC2CCN(Cc3ccc4ccc(CNCC5CCN(C(=O)OC(C)(C)C)CC5)cc4c3)CC2)c1. The highest BCUT2D eigenvalue weighted by atomic mass is 16.6. The number of ether oxygens (including phenoxy) is 2. The van der Waals surface area contributed by atoms with Crippen LogP contribution < -0.4 is 15.4 Å². The number of hydrogen-bond donors (Lipinski definition) is 2. The number of likely N-dealkylation sites (tertiary alicyclic amines) is 2. The lowest BCUT2D eigenvalue weighted by Gasteiger charge is -2.33. The predicted molar refractivity (Wildman–Crippen MR) is 175 cm³/mol. The third kappa shape index (κ3) is 8.96. The molecule has 2 fully saturated rings. The van der Waals surface area contributed by atoms with Crippen molar-refractivity contribution in [1.82, 2.24) is 20.4 Å². The molecule has 2 aliphatic rings. The monoisotopic (exact) mass is 600 g/mol. The van der Waals surface area contributed by atoms with E-state index in [-0.39, 0.29) is 18.0 Å². The van der Waals surface area contributed by atoms with E-state index in [1.54, 1.807) is 13.2 Å². The fourth-order valence-corrected chi connectivity index (χ4v) is 6.15. The molecule has 0 saturated carbocycles. The number of carbonyl (C=O) groups excluding carboxylic acids is 2.